The van der Waals surface area contributed by atoms with Crippen LogP contribution in [0.2, 0.25) is 0 Å². The molecule has 1 unspecified atom stereocenters. The minimum absolute atomic E-state index is 0.0201. The summed E-state index contributed by atoms with van der Waals surface area (Å²) in [6.07, 6.45) is 2.55. The van der Waals surface area contributed by atoms with Crippen molar-refractivity contribution in [3.8, 4) is 5.75 Å². The molecule has 1 atom stereocenters. The average molecular weight is 259 g/mol. The summed E-state index contributed by atoms with van der Waals surface area (Å²) >= 11 is 6.03. The molecular weight excluding hydrogens is 240 g/mol. The number of ether oxygens (including phenoxy) is 2. The van der Waals surface area contributed by atoms with E-state index >= 15 is 0 Å². The van der Waals surface area contributed by atoms with Crippen molar-refractivity contribution in [2.75, 3.05) is 32.2 Å². The molecule has 5 heteroatoms. The summed E-state index contributed by atoms with van der Waals surface area (Å²) in [5.74, 6) is 1.53. The predicted octanol–water partition coefficient (Wildman–Crippen LogP) is 2.54. The summed E-state index contributed by atoms with van der Waals surface area (Å²) in [4.78, 5) is 4.23. The van der Waals surface area contributed by atoms with Crippen molar-refractivity contribution in [3.05, 3.63) is 18.3 Å². The maximum Gasteiger partial charge on any atom is 0.168 e. The third kappa shape index (κ3) is 5.24. The van der Waals surface area contributed by atoms with Crippen molar-refractivity contribution in [1.82, 2.24) is 4.98 Å². The van der Waals surface area contributed by atoms with E-state index in [1.54, 1.807) is 13.3 Å². The minimum Gasteiger partial charge on any atom is -0.490 e. The van der Waals surface area contributed by atoms with E-state index < -0.39 is 0 Å². The molecular formula is C12H19ClN2O2. The number of hydrogen-bond acceptors (Lipinski definition) is 4. The highest BCUT2D eigenvalue weighted by Crippen LogP contribution is 2.20. The number of nitrogens with zero attached hydrogens (tertiary/aromatic N) is 1. The lowest BCUT2D eigenvalue weighted by molar-refractivity contribution is 0.196. The smallest absolute Gasteiger partial charge is 0.168 e. The molecule has 0 aliphatic carbocycles. The van der Waals surface area contributed by atoms with Gasteiger partial charge in [-0.15, -0.1) is 11.6 Å². The fraction of sp³-hybridized carbons (Fsp3) is 0.583. The lowest BCUT2D eigenvalue weighted by atomic mass is 10.3. The number of nitrogens with one attached hydrogen (secondary N) is 1. The van der Waals surface area contributed by atoms with Crippen molar-refractivity contribution >= 4 is 17.4 Å². The first-order chi connectivity index (χ1) is 8.27. The van der Waals surface area contributed by atoms with Gasteiger partial charge in [-0.05, 0) is 25.5 Å². The van der Waals surface area contributed by atoms with E-state index in [0.717, 1.165) is 24.5 Å². The monoisotopic (exact) mass is 258 g/mol. The molecule has 1 rings (SSSR count). The Kier molecular flexibility index (Phi) is 6.74. The molecule has 1 aromatic heterocycles. The van der Waals surface area contributed by atoms with Gasteiger partial charge < -0.3 is 14.8 Å². The summed E-state index contributed by atoms with van der Waals surface area (Å²) in [6.45, 7) is 3.88. The molecule has 0 aliphatic heterocycles. The van der Waals surface area contributed by atoms with Gasteiger partial charge in [0.05, 0.1) is 18.6 Å². The zero-order valence-corrected chi connectivity index (χ0v) is 11.0. The van der Waals surface area contributed by atoms with Gasteiger partial charge in [0.1, 0.15) is 0 Å². The summed E-state index contributed by atoms with van der Waals surface area (Å²) in [5.41, 5.74) is 0. The normalized spacial score (nSPS) is 12.2. The molecule has 0 fully saturated rings. The largest absolute Gasteiger partial charge is 0.490 e. The van der Waals surface area contributed by atoms with Crippen LogP contribution in [0, 0.1) is 0 Å². The highest BCUT2D eigenvalue weighted by Gasteiger charge is 2.06. The fourth-order valence-electron chi connectivity index (χ4n) is 1.41. The molecule has 0 saturated heterocycles. The van der Waals surface area contributed by atoms with Crippen LogP contribution >= 0.6 is 11.6 Å². The fourth-order valence-corrected chi connectivity index (χ4v) is 1.64. The number of rotatable bonds is 8. The van der Waals surface area contributed by atoms with Crippen LogP contribution < -0.4 is 10.1 Å². The van der Waals surface area contributed by atoms with Gasteiger partial charge in [-0.1, -0.05) is 0 Å². The highest BCUT2D eigenvalue weighted by atomic mass is 35.5. The van der Waals surface area contributed by atoms with Crippen molar-refractivity contribution in [2.24, 2.45) is 0 Å². The van der Waals surface area contributed by atoms with Crippen LogP contribution in [0.25, 0.3) is 0 Å². The Morgan fingerprint density at radius 1 is 1.53 bits per heavy atom. The number of alkyl halides is 1. The third-order valence-electron chi connectivity index (χ3n) is 2.17. The SMILES string of the molecule is CCOc1cccnc1NCCC(Cl)COC. The van der Waals surface area contributed by atoms with E-state index in [1.807, 2.05) is 19.1 Å². The standard InChI is InChI=1S/C12H19ClN2O2/c1-3-17-11-5-4-7-14-12(11)15-8-6-10(13)9-16-2/h4-5,7,10H,3,6,8-9H2,1-2H3,(H,14,15). The van der Waals surface area contributed by atoms with E-state index in [9.17, 15) is 0 Å². The topological polar surface area (TPSA) is 43.4 Å². The third-order valence-corrected chi connectivity index (χ3v) is 2.51. The summed E-state index contributed by atoms with van der Waals surface area (Å²) in [6, 6.07) is 3.75. The van der Waals surface area contributed by atoms with Gasteiger partial charge in [-0.3, -0.25) is 0 Å². The molecule has 0 aliphatic rings. The molecule has 4 nitrogen and oxygen atoms in total. The second-order valence-electron chi connectivity index (χ2n) is 3.55. The second-order valence-corrected chi connectivity index (χ2v) is 4.17. The average Bonchev–Trinajstić information content (AvgIpc) is 2.32. The van der Waals surface area contributed by atoms with Crippen LogP contribution in [-0.4, -0.2) is 37.2 Å². The molecule has 1 N–H and O–H groups in total. The van der Waals surface area contributed by atoms with Crippen LogP contribution in [0.5, 0.6) is 5.75 Å². The minimum atomic E-state index is 0.0201. The van der Waals surface area contributed by atoms with Crippen LogP contribution in [-0.2, 0) is 4.74 Å². The van der Waals surface area contributed by atoms with Crippen LogP contribution in [0.1, 0.15) is 13.3 Å². The van der Waals surface area contributed by atoms with Gasteiger partial charge in [-0.25, -0.2) is 4.98 Å². The molecule has 17 heavy (non-hydrogen) atoms. The first-order valence-electron chi connectivity index (χ1n) is 5.72. The molecule has 1 aromatic rings. The first kappa shape index (κ1) is 14.1. The molecule has 0 radical (unpaired) electrons. The zero-order valence-electron chi connectivity index (χ0n) is 10.3. The van der Waals surface area contributed by atoms with Gasteiger partial charge in [0.25, 0.3) is 0 Å². The molecule has 0 bridgehead atoms. The molecule has 0 saturated carbocycles. The Hall–Kier alpha value is -1.00. The van der Waals surface area contributed by atoms with Gasteiger partial charge in [0.2, 0.25) is 0 Å². The van der Waals surface area contributed by atoms with Gasteiger partial charge in [0, 0.05) is 19.9 Å². The number of aromatic nitrogens is 1. The quantitative estimate of drug-likeness (QED) is 0.728. The molecule has 0 spiro atoms. The Labute approximate surface area is 107 Å². The Balaban J connectivity index is 2.40. The van der Waals surface area contributed by atoms with E-state index in [4.69, 9.17) is 21.1 Å². The first-order valence-corrected chi connectivity index (χ1v) is 6.16. The number of pyridine rings is 1. The number of anilines is 1. The van der Waals surface area contributed by atoms with Gasteiger partial charge in [-0.2, -0.15) is 0 Å². The Morgan fingerprint density at radius 3 is 3.06 bits per heavy atom. The lowest BCUT2D eigenvalue weighted by Crippen LogP contribution is -2.14. The molecule has 1 heterocycles. The summed E-state index contributed by atoms with van der Waals surface area (Å²) in [5, 5.41) is 3.23. The van der Waals surface area contributed by atoms with E-state index in [2.05, 4.69) is 10.3 Å². The summed E-state index contributed by atoms with van der Waals surface area (Å²) < 4.78 is 10.4. The van der Waals surface area contributed by atoms with Crippen LogP contribution in [0.15, 0.2) is 18.3 Å². The predicted molar refractivity (Wildman–Crippen MR) is 70.0 cm³/mol. The number of methoxy groups -OCH3 is 1. The maximum absolute atomic E-state index is 6.03. The van der Waals surface area contributed by atoms with Crippen LogP contribution in [0.4, 0.5) is 5.82 Å². The van der Waals surface area contributed by atoms with E-state index in [-0.39, 0.29) is 5.38 Å². The highest BCUT2D eigenvalue weighted by molar-refractivity contribution is 6.20. The van der Waals surface area contributed by atoms with Crippen LogP contribution in [0.3, 0.4) is 0 Å². The number of halogens is 1. The maximum atomic E-state index is 6.03. The second kappa shape index (κ2) is 8.14. The molecule has 0 aromatic carbocycles. The number of hydrogen-bond donors (Lipinski definition) is 1. The van der Waals surface area contributed by atoms with Gasteiger partial charge in [0.15, 0.2) is 11.6 Å². The zero-order chi connectivity index (χ0) is 12.5. The lowest BCUT2D eigenvalue weighted by Gasteiger charge is -2.12. The molecule has 0 amide bonds. The Bertz CT molecular complexity index is 323. The van der Waals surface area contributed by atoms with Crippen molar-refractivity contribution < 1.29 is 9.47 Å². The van der Waals surface area contributed by atoms with Crippen molar-refractivity contribution in [1.29, 1.82) is 0 Å². The van der Waals surface area contributed by atoms with Crippen molar-refractivity contribution in [3.63, 3.8) is 0 Å². The van der Waals surface area contributed by atoms with E-state index in [0.29, 0.717) is 13.2 Å². The van der Waals surface area contributed by atoms with E-state index in [1.165, 1.54) is 0 Å². The van der Waals surface area contributed by atoms with Crippen molar-refractivity contribution in [2.45, 2.75) is 18.7 Å². The molecule has 96 valence electrons. The summed E-state index contributed by atoms with van der Waals surface area (Å²) in [7, 11) is 1.65. The Morgan fingerprint density at radius 2 is 2.35 bits per heavy atom. The van der Waals surface area contributed by atoms with Gasteiger partial charge >= 0.3 is 0 Å².